The first-order valence-electron chi connectivity index (χ1n) is 6.92. The largest absolute Gasteiger partial charge is 0.444 e. The smallest absolute Gasteiger partial charge is 0.410 e. The second kappa shape index (κ2) is 6.74. The standard InChI is InChI=1S/C15H23FN2O2/c1-14(2,3)20-13(19)18-10-7-15(12-17,8-11-18)6-4-5-9-16/h4-5H,6-11H2,1-3H3/b5-4+. The van der Waals surface area contributed by atoms with Crippen LogP contribution in [0.1, 0.15) is 40.0 Å². The van der Waals surface area contributed by atoms with Crippen molar-refractivity contribution in [3.8, 4) is 6.07 Å². The fourth-order valence-electron chi connectivity index (χ4n) is 2.18. The molecule has 20 heavy (non-hydrogen) atoms. The van der Waals surface area contributed by atoms with Crippen LogP contribution in [0.5, 0.6) is 0 Å². The quantitative estimate of drug-likeness (QED) is 0.745. The van der Waals surface area contributed by atoms with E-state index in [2.05, 4.69) is 6.07 Å². The molecule has 0 bridgehead atoms. The maximum atomic E-state index is 12.1. The topological polar surface area (TPSA) is 53.3 Å². The van der Waals surface area contributed by atoms with Crippen molar-refractivity contribution in [2.24, 2.45) is 5.41 Å². The average molecular weight is 282 g/mol. The normalized spacial score (nSPS) is 18.9. The third kappa shape index (κ3) is 4.84. The number of carbonyl (C=O) groups excluding carboxylic acids is 1. The van der Waals surface area contributed by atoms with Crippen LogP contribution in [0.15, 0.2) is 12.2 Å². The zero-order valence-corrected chi connectivity index (χ0v) is 12.5. The van der Waals surface area contributed by atoms with E-state index < -0.39 is 17.7 Å². The Balaban J connectivity index is 2.55. The van der Waals surface area contributed by atoms with Crippen molar-refractivity contribution >= 4 is 6.09 Å². The Bertz CT molecular complexity index is 399. The van der Waals surface area contributed by atoms with Crippen molar-refractivity contribution < 1.29 is 13.9 Å². The van der Waals surface area contributed by atoms with Crippen molar-refractivity contribution in [1.29, 1.82) is 5.26 Å². The number of ether oxygens (including phenoxy) is 1. The highest BCUT2D eigenvalue weighted by atomic mass is 19.1. The summed E-state index contributed by atoms with van der Waals surface area (Å²) in [5.41, 5.74) is -0.991. The summed E-state index contributed by atoms with van der Waals surface area (Å²) in [5.74, 6) is 0. The van der Waals surface area contributed by atoms with E-state index in [1.807, 2.05) is 20.8 Å². The van der Waals surface area contributed by atoms with Gasteiger partial charge in [-0.1, -0.05) is 12.2 Å². The molecule has 0 saturated carbocycles. The summed E-state index contributed by atoms with van der Waals surface area (Å²) >= 11 is 0. The van der Waals surface area contributed by atoms with E-state index in [1.165, 1.54) is 6.08 Å². The molecule has 0 radical (unpaired) electrons. The van der Waals surface area contributed by atoms with E-state index in [4.69, 9.17) is 4.74 Å². The number of nitrogens with zero attached hydrogens (tertiary/aromatic N) is 2. The molecule has 0 spiro atoms. The van der Waals surface area contributed by atoms with Crippen molar-refractivity contribution in [3.63, 3.8) is 0 Å². The van der Waals surface area contributed by atoms with Crippen LogP contribution in [0.3, 0.4) is 0 Å². The van der Waals surface area contributed by atoms with Gasteiger partial charge in [0.15, 0.2) is 0 Å². The number of rotatable bonds is 3. The maximum Gasteiger partial charge on any atom is 0.410 e. The molecule has 1 fully saturated rings. The van der Waals surface area contributed by atoms with Crippen LogP contribution < -0.4 is 0 Å². The predicted molar refractivity (Wildman–Crippen MR) is 74.8 cm³/mol. The van der Waals surface area contributed by atoms with Gasteiger partial charge in [-0.15, -0.1) is 0 Å². The second-order valence-corrected chi connectivity index (χ2v) is 6.19. The number of halogens is 1. The Morgan fingerprint density at radius 3 is 2.45 bits per heavy atom. The van der Waals surface area contributed by atoms with Gasteiger partial charge in [0.05, 0.1) is 11.5 Å². The van der Waals surface area contributed by atoms with E-state index in [9.17, 15) is 14.4 Å². The van der Waals surface area contributed by atoms with E-state index in [0.29, 0.717) is 32.4 Å². The number of amides is 1. The molecular formula is C15H23FN2O2. The zero-order valence-electron chi connectivity index (χ0n) is 12.5. The van der Waals surface area contributed by atoms with Crippen molar-refractivity contribution in [3.05, 3.63) is 12.2 Å². The lowest BCUT2D eigenvalue weighted by atomic mass is 9.77. The Morgan fingerprint density at radius 2 is 2.00 bits per heavy atom. The number of carbonyl (C=O) groups is 1. The Hall–Kier alpha value is -1.57. The molecule has 1 amide bonds. The fraction of sp³-hybridized carbons (Fsp3) is 0.733. The lowest BCUT2D eigenvalue weighted by molar-refractivity contribution is 0.0150. The third-order valence-corrected chi connectivity index (χ3v) is 3.37. The van der Waals surface area contributed by atoms with Gasteiger partial charge >= 0.3 is 6.09 Å². The van der Waals surface area contributed by atoms with Crippen molar-refractivity contribution in [2.45, 2.75) is 45.6 Å². The first-order chi connectivity index (χ1) is 9.32. The highest BCUT2D eigenvalue weighted by Gasteiger charge is 2.36. The molecule has 1 aliphatic heterocycles. The molecule has 0 atom stereocenters. The van der Waals surface area contributed by atoms with E-state index in [-0.39, 0.29) is 6.09 Å². The van der Waals surface area contributed by atoms with Gasteiger partial charge in [0.2, 0.25) is 0 Å². The molecule has 4 nitrogen and oxygen atoms in total. The number of hydrogen-bond donors (Lipinski definition) is 0. The highest BCUT2D eigenvalue weighted by Crippen LogP contribution is 2.35. The molecule has 0 N–H and O–H groups in total. The second-order valence-electron chi connectivity index (χ2n) is 6.19. The van der Waals surface area contributed by atoms with Gasteiger partial charge in [-0.05, 0) is 40.0 Å². The fourth-order valence-corrected chi connectivity index (χ4v) is 2.18. The summed E-state index contributed by atoms with van der Waals surface area (Å²) < 4.78 is 17.4. The minimum atomic E-state index is -0.509. The molecule has 0 aromatic carbocycles. The lowest BCUT2D eigenvalue weighted by Gasteiger charge is -2.37. The van der Waals surface area contributed by atoms with Crippen molar-refractivity contribution in [1.82, 2.24) is 4.90 Å². The molecule has 0 aromatic rings. The number of alkyl halides is 1. The third-order valence-electron chi connectivity index (χ3n) is 3.37. The minimum Gasteiger partial charge on any atom is -0.444 e. The molecule has 1 rings (SSSR count). The van der Waals surface area contributed by atoms with Crippen molar-refractivity contribution in [2.75, 3.05) is 19.8 Å². The summed E-state index contributed by atoms with van der Waals surface area (Å²) in [6, 6.07) is 2.33. The maximum absolute atomic E-state index is 12.1. The molecule has 0 unspecified atom stereocenters. The van der Waals surface area contributed by atoms with Gasteiger partial charge in [0, 0.05) is 13.1 Å². The van der Waals surface area contributed by atoms with Gasteiger partial charge in [-0.2, -0.15) is 5.26 Å². The number of piperidine rings is 1. The Morgan fingerprint density at radius 1 is 1.40 bits per heavy atom. The number of hydrogen-bond acceptors (Lipinski definition) is 3. The molecule has 1 heterocycles. The summed E-state index contributed by atoms with van der Waals surface area (Å²) in [4.78, 5) is 13.6. The molecule has 1 aliphatic rings. The number of allylic oxidation sites excluding steroid dienone is 2. The summed E-state index contributed by atoms with van der Waals surface area (Å²) in [5, 5.41) is 9.34. The molecule has 1 saturated heterocycles. The summed E-state index contributed by atoms with van der Waals surface area (Å²) in [6.07, 6.45) is 4.54. The average Bonchev–Trinajstić information content (AvgIpc) is 2.38. The molecule has 112 valence electrons. The van der Waals surface area contributed by atoms with Crippen LogP contribution in [-0.4, -0.2) is 36.4 Å². The SMILES string of the molecule is CC(C)(C)OC(=O)N1CCC(C#N)(C/C=C/CF)CC1. The number of nitriles is 1. The predicted octanol–water partition coefficient (Wildman–Crippen LogP) is 3.44. The highest BCUT2D eigenvalue weighted by molar-refractivity contribution is 5.68. The van der Waals surface area contributed by atoms with Crippen LogP contribution >= 0.6 is 0 Å². The lowest BCUT2D eigenvalue weighted by Crippen LogP contribution is -2.44. The van der Waals surface area contributed by atoms with Gasteiger partial charge in [0.1, 0.15) is 12.3 Å². The van der Waals surface area contributed by atoms with Crippen LogP contribution in [0, 0.1) is 16.7 Å². The summed E-state index contributed by atoms with van der Waals surface area (Å²) in [7, 11) is 0. The minimum absolute atomic E-state index is 0.330. The first-order valence-corrected chi connectivity index (χ1v) is 6.92. The molecule has 0 aliphatic carbocycles. The zero-order chi connectivity index (χ0) is 15.2. The monoisotopic (exact) mass is 282 g/mol. The first kappa shape index (κ1) is 16.5. The molecular weight excluding hydrogens is 259 g/mol. The van der Waals surface area contributed by atoms with Crippen LogP contribution in [-0.2, 0) is 4.74 Å². The van der Waals surface area contributed by atoms with Gasteiger partial charge in [-0.25, -0.2) is 9.18 Å². The van der Waals surface area contributed by atoms with Crippen LogP contribution in [0.25, 0.3) is 0 Å². The van der Waals surface area contributed by atoms with Crippen LogP contribution in [0.2, 0.25) is 0 Å². The van der Waals surface area contributed by atoms with Gasteiger partial charge in [0.25, 0.3) is 0 Å². The Kier molecular flexibility index (Phi) is 5.55. The van der Waals surface area contributed by atoms with E-state index in [1.54, 1.807) is 11.0 Å². The summed E-state index contributed by atoms with van der Waals surface area (Å²) in [6.45, 7) is 5.99. The van der Waals surface area contributed by atoms with Crippen LogP contribution in [0.4, 0.5) is 9.18 Å². The Labute approximate surface area is 120 Å². The molecule has 5 heteroatoms. The number of likely N-dealkylation sites (tertiary alicyclic amines) is 1. The van der Waals surface area contributed by atoms with Gasteiger partial charge < -0.3 is 9.64 Å². The molecule has 0 aromatic heterocycles. The van der Waals surface area contributed by atoms with E-state index >= 15 is 0 Å². The van der Waals surface area contributed by atoms with E-state index in [0.717, 1.165) is 0 Å². The van der Waals surface area contributed by atoms with Gasteiger partial charge in [-0.3, -0.25) is 0 Å².